The molecule has 5 heteroatoms. The van der Waals surface area contributed by atoms with E-state index >= 15 is 0 Å². The van der Waals surface area contributed by atoms with Crippen molar-refractivity contribution in [2.24, 2.45) is 5.92 Å². The van der Waals surface area contributed by atoms with Gasteiger partial charge in [0.2, 0.25) is 0 Å². The predicted octanol–water partition coefficient (Wildman–Crippen LogP) is 4.08. The van der Waals surface area contributed by atoms with Gasteiger partial charge in [-0.2, -0.15) is 13.2 Å². The minimum absolute atomic E-state index is 0.218. The molecule has 0 saturated carbocycles. The molecule has 1 N–H and O–H groups in total. The molecule has 0 aliphatic rings. The fourth-order valence-corrected chi connectivity index (χ4v) is 1.24. The zero-order valence-electron chi connectivity index (χ0n) is 10.7. The number of anilines is 1. The molecule has 1 unspecified atom stereocenters. The van der Waals surface area contributed by atoms with Crippen LogP contribution in [0.3, 0.4) is 0 Å². The van der Waals surface area contributed by atoms with Gasteiger partial charge in [-0.25, -0.2) is 0 Å². The molecule has 0 heterocycles. The van der Waals surface area contributed by atoms with Crippen molar-refractivity contribution in [3.8, 4) is 5.75 Å². The number of alkyl halides is 3. The third kappa shape index (κ3) is 5.29. The van der Waals surface area contributed by atoms with Crippen LogP contribution in [-0.2, 0) is 0 Å². The van der Waals surface area contributed by atoms with E-state index in [1.165, 1.54) is 12.1 Å². The van der Waals surface area contributed by atoms with E-state index in [0.717, 1.165) is 5.69 Å². The number of hydrogen-bond acceptors (Lipinski definition) is 2. The number of rotatable bonds is 5. The van der Waals surface area contributed by atoms with Crippen LogP contribution in [0.1, 0.15) is 20.8 Å². The number of hydrogen-bond donors (Lipinski definition) is 1. The summed E-state index contributed by atoms with van der Waals surface area (Å²) in [5.74, 6) is 0.696. The highest BCUT2D eigenvalue weighted by Gasteiger charge is 2.28. The highest BCUT2D eigenvalue weighted by molar-refractivity contribution is 5.47. The first-order valence-electron chi connectivity index (χ1n) is 5.84. The van der Waals surface area contributed by atoms with Crippen LogP contribution in [0.2, 0.25) is 0 Å². The Morgan fingerprint density at radius 1 is 1.11 bits per heavy atom. The maximum Gasteiger partial charge on any atom is 0.422 e. The first-order valence-corrected chi connectivity index (χ1v) is 5.84. The van der Waals surface area contributed by atoms with Crippen molar-refractivity contribution in [3.63, 3.8) is 0 Å². The molecular formula is C13H18F3NO. The molecule has 0 aromatic heterocycles. The summed E-state index contributed by atoms with van der Waals surface area (Å²) in [5, 5.41) is 3.26. The summed E-state index contributed by atoms with van der Waals surface area (Å²) in [6, 6.07) is 6.78. The molecule has 0 saturated heterocycles. The summed E-state index contributed by atoms with van der Waals surface area (Å²) < 4.78 is 40.5. The highest BCUT2D eigenvalue weighted by Crippen LogP contribution is 2.21. The predicted molar refractivity (Wildman–Crippen MR) is 65.9 cm³/mol. The topological polar surface area (TPSA) is 21.3 Å². The Labute approximate surface area is 105 Å². The number of halogens is 3. The SMILES string of the molecule is CC(C)C(C)Nc1ccc(OCC(F)(F)F)cc1. The van der Waals surface area contributed by atoms with Gasteiger partial charge < -0.3 is 10.1 Å². The van der Waals surface area contributed by atoms with Crippen molar-refractivity contribution in [1.29, 1.82) is 0 Å². The van der Waals surface area contributed by atoms with Gasteiger partial charge in [0.1, 0.15) is 5.75 Å². The van der Waals surface area contributed by atoms with Crippen LogP contribution in [-0.4, -0.2) is 18.8 Å². The standard InChI is InChI=1S/C13H18F3NO/c1-9(2)10(3)17-11-4-6-12(7-5-11)18-8-13(14,15)16/h4-7,9-10,17H,8H2,1-3H3. The van der Waals surface area contributed by atoms with Crippen molar-refractivity contribution < 1.29 is 17.9 Å². The molecule has 1 aromatic carbocycles. The van der Waals surface area contributed by atoms with Gasteiger partial charge in [-0.05, 0) is 37.1 Å². The molecule has 102 valence electrons. The van der Waals surface area contributed by atoms with Gasteiger partial charge >= 0.3 is 6.18 Å². The molecule has 1 atom stereocenters. The lowest BCUT2D eigenvalue weighted by atomic mass is 10.1. The first kappa shape index (κ1) is 14.7. The molecule has 0 radical (unpaired) electrons. The quantitative estimate of drug-likeness (QED) is 0.862. The molecule has 1 rings (SSSR count). The smallest absolute Gasteiger partial charge is 0.422 e. The van der Waals surface area contributed by atoms with E-state index in [2.05, 4.69) is 30.8 Å². The Kier molecular flexibility index (Phi) is 4.87. The second-order valence-electron chi connectivity index (χ2n) is 4.61. The fourth-order valence-electron chi connectivity index (χ4n) is 1.24. The molecule has 0 aliphatic heterocycles. The third-order valence-electron chi connectivity index (χ3n) is 2.65. The molecule has 0 spiro atoms. The fraction of sp³-hybridized carbons (Fsp3) is 0.538. The Morgan fingerprint density at radius 2 is 1.67 bits per heavy atom. The average molecular weight is 261 g/mol. The lowest BCUT2D eigenvalue weighted by Gasteiger charge is -2.19. The van der Waals surface area contributed by atoms with E-state index in [1.807, 2.05) is 0 Å². The summed E-state index contributed by atoms with van der Waals surface area (Å²) in [6.45, 7) is 4.98. The lowest BCUT2D eigenvalue weighted by molar-refractivity contribution is -0.153. The number of ether oxygens (including phenoxy) is 1. The number of benzene rings is 1. The van der Waals surface area contributed by atoms with Crippen molar-refractivity contribution in [2.45, 2.75) is 33.0 Å². The van der Waals surface area contributed by atoms with Gasteiger partial charge in [0, 0.05) is 11.7 Å². The maximum atomic E-state index is 11.9. The van der Waals surface area contributed by atoms with Crippen LogP contribution in [0.25, 0.3) is 0 Å². The molecule has 0 amide bonds. The Hall–Kier alpha value is -1.39. The van der Waals surface area contributed by atoms with E-state index < -0.39 is 12.8 Å². The average Bonchev–Trinajstić information content (AvgIpc) is 2.27. The molecule has 0 bridgehead atoms. The van der Waals surface area contributed by atoms with Gasteiger partial charge in [-0.3, -0.25) is 0 Å². The monoisotopic (exact) mass is 261 g/mol. The Balaban J connectivity index is 2.52. The van der Waals surface area contributed by atoms with Crippen LogP contribution in [0.4, 0.5) is 18.9 Å². The minimum atomic E-state index is -4.30. The molecule has 0 fully saturated rings. The summed E-state index contributed by atoms with van der Waals surface area (Å²) in [7, 11) is 0. The van der Waals surface area contributed by atoms with Crippen LogP contribution in [0.15, 0.2) is 24.3 Å². The zero-order chi connectivity index (χ0) is 13.8. The molecule has 0 aliphatic carbocycles. The van der Waals surface area contributed by atoms with E-state index in [0.29, 0.717) is 12.0 Å². The lowest BCUT2D eigenvalue weighted by Crippen LogP contribution is -2.21. The Bertz CT molecular complexity index is 359. The van der Waals surface area contributed by atoms with Crippen molar-refractivity contribution in [3.05, 3.63) is 24.3 Å². The van der Waals surface area contributed by atoms with Crippen LogP contribution < -0.4 is 10.1 Å². The third-order valence-corrected chi connectivity index (χ3v) is 2.65. The maximum absolute atomic E-state index is 11.9. The van der Waals surface area contributed by atoms with Crippen molar-refractivity contribution in [1.82, 2.24) is 0 Å². The summed E-state index contributed by atoms with van der Waals surface area (Å²) in [5.41, 5.74) is 0.871. The number of nitrogens with one attached hydrogen (secondary N) is 1. The van der Waals surface area contributed by atoms with E-state index in [4.69, 9.17) is 0 Å². The van der Waals surface area contributed by atoms with Crippen molar-refractivity contribution in [2.75, 3.05) is 11.9 Å². The van der Waals surface area contributed by atoms with Crippen molar-refractivity contribution >= 4 is 5.69 Å². The van der Waals surface area contributed by atoms with Crippen LogP contribution in [0, 0.1) is 5.92 Å². The summed E-state index contributed by atoms with van der Waals surface area (Å²) in [6.07, 6.45) is -4.30. The van der Waals surface area contributed by atoms with Gasteiger partial charge in [-0.1, -0.05) is 13.8 Å². The molecule has 2 nitrogen and oxygen atoms in total. The second-order valence-corrected chi connectivity index (χ2v) is 4.61. The largest absolute Gasteiger partial charge is 0.484 e. The normalized spacial score (nSPS) is 13.5. The van der Waals surface area contributed by atoms with E-state index in [9.17, 15) is 13.2 Å². The van der Waals surface area contributed by atoms with Gasteiger partial charge in [0.25, 0.3) is 0 Å². The summed E-state index contributed by atoms with van der Waals surface area (Å²) >= 11 is 0. The van der Waals surface area contributed by atoms with Gasteiger partial charge in [0.05, 0.1) is 0 Å². The van der Waals surface area contributed by atoms with E-state index in [-0.39, 0.29) is 5.75 Å². The second kappa shape index (κ2) is 5.98. The summed E-state index contributed by atoms with van der Waals surface area (Å²) in [4.78, 5) is 0. The van der Waals surface area contributed by atoms with Crippen LogP contribution >= 0.6 is 0 Å². The minimum Gasteiger partial charge on any atom is -0.484 e. The van der Waals surface area contributed by atoms with Crippen LogP contribution in [0.5, 0.6) is 5.75 Å². The Morgan fingerprint density at radius 3 is 2.11 bits per heavy atom. The van der Waals surface area contributed by atoms with E-state index in [1.54, 1.807) is 12.1 Å². The zero-order valence-corrected chi connectivity index (χ0v) is 10.7. The molecule has 18 heavy (non-hydrogen) atoms. The first-order chi connectivity index (χ1) is 8.28. The molecule has 1 aromatic rings. The van der Waals surface area contributed by atoms with Gasteiger partial charge in [-0.15, -0.1) is 0 Å². The molecular weight excluding hydrogens is 243 g/mol. The van der Waals surface area contributed by atoms with Gasteiger partial charge in [0.15, 0.2) is 6.61 Å². The highest BCUT2D eigenvalue weighted by atomic mass is 19.4.